The summed E-state index contributed by atoms with van der Waals surface area (Å²) in [5.74, 6) is -0.419. The highest BCUT2D eigenvalue weighted by atomic mass is 19.1. The first-order valence-electron chi connectivity index (χ1n) is 6.06. The van der Waals surface area contributed by atoms with E-state index in [1.165, 1.54) is 6.07 Å². The molecule has 0 radical (unpaired) electrons. The Morgan fingerprint density at radius 2 is 2.17 bits per heavy atom. The Morgan fingerprint density at radius 1 is 1.33 bits per heavy atom. The van der Waals surface area contributed by atoms with Crippen molar-refractivity contribution in [3.05, 3.63) is 35.1 Å². The van der Waals surface area contributed by atoms with Crippen LogP contribution in [0.4, 0.5) is 4.39 Å². The van der Waals surface area contributed by atoms with Crippen molar-refractivity contribution < 1.29 is 4.39 Å². The van der Waals surface area contributed by atoms with Crippen molar-refractivity contribution in [1.82, 2.24) is 5.32 Å². The minimum absolute atomic E-state index is 0.0672. The van der Waals surface area contributed by atoms with Crippen molar-refractivity contribution in [2.24, 2.45) is 5.92 Å². The van der Waals surface area contributed by atoms with Gasteiger partial charge in [0.15, 0.2) is 0 Å². The minimum Gasteiger partial charge on any atom is -0.309 e. The normalized spacial score (nSPS) is 22.4. The maximum Gasteiger partial charge on any atom is 0.140 e. The Kier molecular flexibility index (Phi) is 3.92. The molecule has 4 heteroatoms. The first-order valence-corrected chi connectivity index (χ1v) is 6.06. The Morgan fingerprint density at radius 3 is 2.89 bits per heavy atom. The van der Waals surface area contributed by atoms with E-state index in [0.717, 1.165) is 24.8 Å². The molecule has 92 valence electrons. The number of hydrogen-bond acceptors (Lipinski definition) is 3. The molecule has 0 bridgehead atoms. The van der Waals surface area contributed by atoms with Gasteiger partial charge in [0.05, 0.1) is 17.6 Å². The Hall–Kier alpha value is -1.91. The number of rotatable bonds is 3. The first-order chi connectivity index (χ1) is 8.74. The first kappa shape index (κ1) is 12.5. The molecule has 2 unspecified atom stereocenters. The third-order valence-corrected chi connectivity index (χ3v) is 3.40. The molecule has 2 rings (SSSR count). The van der Waals surface area contributed by atoms with Gasteiger partial charge in [0.2, 0.25) is 0 Å². The number of hydrogen-bond donors (Lipinski definition) is 1. The molecule has 3 nitrogen and oxygen atoms in total. The summed E-state index contributed by atoms with van der Waals surface area (Å²) in [5, 5.41) is 21.0. The van der Waals surface area contributed by atoms with Crippen molar-refractivity contribution in [2.75, 3.05) is 0 Å². The highest BCUT2D eigenvalue weighted by Crippen LogP contribution is 2.25. The second-order valence-electron chi connectivity index (χ2n) is 4.58. The molecule has 2 atom stereocenters. The summed E-state index contributed by atoms with van der Waals surface area (Å²) in [6.07, 6.45) is 3.02. The minimum atomic E-state index is -0.489. The zero-order valence-corrected chi connectivity index (χ0v) is 9.99. The Bertz CT molecular complexity index is 513. The zero-order chi connectivity index (χ0) is 13.0. The van der Waals surface area contributed by atoms with E-state index in [9.17, 15) is 4.39 Å². The van der Waals surface area contributed by atoms with Gasteiger partial charge in [0.25, 0.3) is 0 Å². The molecule has 1 fully saturated rings. The van der Waals surface area contributed by atoms with Gasteiger partial charge < -0.3 is 5.32 Å². The molecule has 1 N–H and O–H groups in total. The van der Waals surface area contributed by atoms with E-state index >= 15 is 0 Å². The predicted molar refractivity (Wildman–Crippen MR) is 64.7 cm³/mol. The van der Waals surface area contributed by atoms with Gasteiger partial charge in [-0.1, -0.05) is 12.5 Å². The van der Waals surface area contributed by atoms with Gasteiger partial charge in [-0.05, 0) is 30.5 Å². The number of nitrogens with zero attached hydrogens (tertiary/aromatic N) is 2. The second kappa shape index (κ2) is 5.62. The van der Waals surface area contributed by atoms with Gasteiger partial charge >= 0.3 is 0 Å². The number of benzene rings is 1. The molecule has 1 aromatic rings. The lowest BCUT2D eigenvalue weighted by Crippen LogP contribution is -2.31. The molecule has 0 aromatic heterocycles. The summed E-state index contributed by atoms with van der Waals surface area (Å²) in [5.41, 5.74) is 0.939. The Labute approximate surface area is 106 Å². The quantitative estimate of drug-likeness (QED) is 0.887. The van der Waals surface area contributed by atoms with Crippen LogP contribution in [0.2, 0.25) is 0 Å². The van der Waals surface area contributed by atoms with Crippen LogP contribution in [0.25, 0.3) is 0 Å². The second-order valence-corrected chi connectivity index (χ2v) is 4.58. The van der Waals surface area contributed by atoms with Crippen LogP contribution in [0.5, 0.6) is 0 Å². The summed E-state index contributed by atoms with van der Waals surface area (Å²) in [4.78, 5) is 0. The lowest BCUT2D eigenvalue weighted by molar-refractivity contribution is 0.464. The van der Waals surface area contributed by atoms with Crippen LogP contribution < -0.4 is 5.32 Å². The molecule has 1 aliphatic rings. The molecule has 0 amide bonds. The van der Waals surface area contributed by atoms with Crippen LogP contribution in [0, 0.1) is 34.4 Å². The summed E-state index contributed by atoms with van der Waals surface area (Å²) >= 11 is 0. The molecule has 1 aliphatic carbocycles. The molecule has 0 saturated heterocycles. The van der Waals surface area contributed by atoms with Crippen molar-refractivity contribution >= 4 is 0 Å². The maximum atomic E-state index is 13.1. The van der Waals surface area contributed by atoms with Crippen molar-refractivity contribution in [1.29, 1.82) is 10.5 Å². The maximum absolute atomic E-state index is 13.1. The fourth-order valence-electron chi connectivity index (χ4n) is 2.38. The van der Waals surface area contributed by atoms with Crippen LogP contribution in [0.15, 0.2) is 18.2 Å². The largest absolute Gasteiger partial charge is 0.309 e. The van der Waals surface area contributed by atoms with E-state index in [4.69, 9.17) is 10.5 Å². The molecule has 18 heavy (non-hydrogen) atoms. The summed E-state index contributed by atoms with van der Waals surface area (Å²) in [6.45, 7) is 0.567. The summed E-state index contributed by atoms with van der Waals surface area (Å²) in [7, 11) is 0. The molecule has 0 heterocycles. The van der Waals surface area contributed by atoms with Crippen molar-refractivity contribution in [2.45, 2.75) is 31.8 Å². The molecule has 1 saturated carbocycles. The molecule has 0 aliphatic heterocycles. The predicted octanol–water partition coefficient (Wildman–Crippen LogP) is 2.48. The van der Waals surface area contributed by atoms with Crippen LogP contribution in [-0.4, -0.2) is 6.04 Å². The third kappa shape index (κ3) is 2.67. The number of halogens is 1. The number of nitrogens with one attached hydrogen (secondary N) is 1. The summed E-state index contributed by atoms with van der Waals surface area (Å²) < 4.78 is 13.1. The van der Waals surface area contributed by atoms with Gasteiger partial charge in [-0.25, -0.2) is 4.39 Å². The molecule has 1 aromatic carbocycles. The fourth-order valence-corrected chi connectivity index (χ4v) is 2.38. The van der Waals surface area contributed by atoms with Crippen LogP contribution in [0.3, 0.4) is 0 Å². The van der Waals surface area contributed by atoms with E-state index < -0.39 is 5.82 Å². The van der Waals surface area contributed by atoms with Crippen molar-refractivity contribution in [3.8, 4) is 12.1 Å². The van der Waals surface area contributed by atoms with Gasteiger partial charge in [-0.3, -0.25) is 0 Å². The van der Waals surface area contributed by atoms with Crippen LogP contribution >= 0.6 is 0 Å². The topological polar surface area (TPSA) is 59.6 Å². The highest BCUT2D eigenvalue weighted by molar-refractivity contribution is 5.34. The summed E-state index contributed by atoms with van der Waals surface area (Å²) in [6, 6.07) is 8.88. The van der Waals surface area contributed by atoms with Gasteiger partial charge in [0.1, 0.15) is 11.9 Å². The average Bonchev–Trinajstić information content (AvgIpc) is 2.85. The molecule has 0 spiro atoms. The van der Waals surface area contributed by atoms with E-state index in [1.807, 2.05) is 6.07 Å². The Balaban J connectivity index is 1.99. The lowest BCUT2D eigenvalue weighted by Gasteiger charge is -2.15. The fraction of sp³-hybridized carbons (Fsp3) is 0.429. The lowest BCUT2D eigenvalue weighted by atomic mass is 10.1. The SMILES string of the molecule is N#Cc1cc(CNC2CCCC2C#N)ccc1F. The number of nitriles is 2. The van der Waals surface area contributed by atoms with Gasteiger partial charge in [-0.2, -0.15) is 10.5 Å². The monoisotopic (exact) mass is 243 g/mol. The zero-order valence-electron chi connectivity index (χ0n) is 9.99. The third-order valence-electron chi connectivity index (χ3n) is 3.40. The van der Waals surface area contributed by atoms with Crippen LogP contribution in [0.1, 0.15) is 30.4 Å². The van der Waals surface area contributed by atoms with Crippen LogP contribution in [-0.2, 0) is 6.54 Å². The molecular formula is C14H14FN3. The standard InChI is InChI=1S/C14H14FN3/c15-13-5-4-10(6-12(13)8-17)9-18-14-3-1-2-11(14)7-16/h4-6,11,14,18H,1-3,9H2. The smallest absolute Gasteiger partial charge is 0.140 e. The van der Waals surface area contributed by atoms with E-state index in [0.29, 0.717) is 6.54 Å². The van der Waals surface area contributed by atoms with E-state index in [2.05, 4.69) is 11.4 Å². The average molecular weight is 243 g/mol. The van der Waals surface area contributed by atoms with Crippen molar-refractivity contribution in [3.63, 3.8) is 0 Å². The van der Waals surface area contributed by atoms with E-state index in [1.54, 1.807) is 12.1 Å². The van der Waals surface area contributed by atoms with Gasteiger partial charge in [-0.15, -0.1) is 0 Å². The molecular weight excluding hydrogens is 229 g/mol. The highest BCUT2D eigenvalue weighted by Gasteiger charge is 2.26. The van der Waals surface area contributed by atoms with Gasteiger partial charge in [0, 0.05) is 12.6 Å². The van der Waals surface area contributed by atoms with E-state index in [-0.39, 0.29) is 17.5 Å².